The Morgan fingerprint density at radius 3 is 1.58 bits per heavy atom. The monoisotopic (exact) mass is 376 g/mol. The summed E-state index contributed by atoms with van der Waals surface area (Å²) in [5, 5.41) is 0. The van der Waals surface area contributed by atoms with Crippen LogP contribution in [0.15, 0.2) is 4.90 Å². The Morgan fingerprint density at radius 1 is 0.708 bits per heavy atom. The molecule has 0 spiro atoms. The van der Waals surface area contributed by atoms with Crippen molar-refractivity contribution in [2.75, 3.05) is 18.8 Å². The first-order valence-electron chi connectivity index (χ1n) is 7.98. The highest BCUT2D eigenvalue weighted by atomic mass is 32.2. The van der Waals surface area contributed by atoms with Gasteiger partial charge in [0.2, 0.25) is 20.0 Å². The van der Waals surface area contributed by atoms with Crippen molar-refractivity contribution >= 4 is 20.0 Å². The van der Waals surface area contributed by atoms with Gasteiger partial charge in [-0.15, -0.1) is 0 Å². The summed E-state index contributed by atoms with van der Waals surface area (Å²) in [5.74, 6) is 0.0129. The zero-order chi connectivity index (χ0) is 18.7. The predicted molar refractivity (Wildman–Crippen MR) is 97.4 cm³/mol. The molecule has 24 heavy (non-hydrogen) atoms. The highest BCUT2D eigenvalue weighted by Crippen LogP contribution is 2.29. The van der Waals surface area contributed by atoms with Gasteiger partial charge in [0, 0.05) is 13.1 Å². The maximum atomic E-state index is 12.7. The molecule has 0 unspecified atom stereocenters. The molecule has 1 aromatic carbocycles. The minimum Gasteiger partial charge on any atom is -0.215 e. The van der Waals surface area contributed by atoms with Gasteiger partial charge in [-0.1, -0.05) is 0 Å². The minimum absolute atomic E-state index is 0.0129. The van der Waals surface area contributed by atoms with Gasteiger partial charge in [0.25, 0.3) is 0 Å². The second-order valence-corrected chi connectivity index (χ2v) is 9.80. The largest absolute Gasteiger partial charge is 0.241 e. The van der Waals surface area contributed by atoms with Crippen LogP contribution in [-0.2, 0) is 20.0 Å². The lowest BCUT2D eigenvalue weighted by atomic mass is 9.95. The van der Waals surface area contributed by atoms with Gasteiger partial charge in [-0.25, -0.2) is 26.3 Å². The predicted octanol–water partition coefficient (Wildman–Crippen LogP) is 1.84. The first kappa shape index (κ1) is 21.1. The molecule has 0 aliphatic heterocycles. The van der Waals surface area contributed by atoms with Crippen molar-refractivity contribution < 1.29 is 16.8 Å². The van der Waals surface area contributed by atoms with Gasteiger partial charge in [0.1, 0.15) is 0 Å². The maximum absolute atomic E-state index is 12.7. The summed E-state index contributed by atoms with van der Waals surface area (Å²) in [6, 6.07) is 0. The summed E-state index contributed by atoms with van der Waals surface area (Å²) >= 11 is 0. The molecule has 0 amide bonds. The van der Waals surface area contributed by atoms with E-state index < -0.39 is 20.0 Å². The number of rotatable bonds is 8. The summed E-state index contributed by atoms with van der Waals surface area (Å²) in [6.45, 7) is 11.4. The van der Waals surface area contributed by atoms with Crippen LogP contribution in [0, 0.1) is 34.6 Å². The molecule has 1 rings (SSSR count). The fraction of sp³-hybridized carbons (Fsp3) is 0.625. The van der Waals surface area contributed by atoms with Crippen molar-refractivity contribution in [2.24, 2.45) is 0 Å². The van der Waals surface area contributed by atoms with Crippen LogP contribution in [-0.4, -0.2) is 35.7 Å². The molecule has 0 heterocycles. The minimum atomic E-state index is -3.63. The third-order valence-electron chi connectivity index (χ3n) is 4.55. The molecule has 0 fully saturated rings. The lowest BCUT2D eigenvalue weighted by molar-refractivity contribution is 0.572. The normalized spacial score (nSPS) is 12.6. The zero-order valence-corrected chi connectivity index (χ0v) is 16.9. The van der Waals surface area contributed by atoms with Crippen LogP contribution in [0.2, 0.25) is 0 Å². The SMILES string of the molecule is CCS(=O)(=O)NCCCNS(=O)(=O)c1c(C)c(C)c(C)c(C)c1C. The van der Waals surface area contributed by atoms with E-state index in [1.807, 2.05) is 34.6 Å². The summed E-state index contributed by atoms with van der Waals surface area (Å²) in [7, 11) is -6.88. The van der Waals surface area contributed by atoms with Gasteiger partial charge in [0.15, 0.2) is 0 Å². The van der Waals surface area contributed by atoms with Gasteiger partial charge in [-0.05, 0) is 75.8 Å². The molecule has 0 saturated heterocycles. The Kier molecular flexibility index (Phi) is 6.98. The van der Waals surface area contributed by atoms with Gasteiger partial charge in [-0.3, -0.25) is 0 Å². The standard InChI is InChI=1S/C16H28N2O4S2/c1-7-23(19,20)17-9-8-10-18-24(21,22)16-14(5)12(3)11(2)13(4)15(16)6/h17-18H,7-10H2,1-6H3. The smallest absolute Gasteiger partial charge is 0.215 e. The maximum Gasteiger partial charge on any atom is 0.241 e. The Hall–Kier alpha value is -0.960. The van der Waals surface area contributed by atoms with Crippen molar-refractivity contribution in [1.29, 1.82) is 0 Å². The summed E-state index contributed by atoms with van der Waals surface area (Å²) in [5.41, 5.74) is 4.59. The second-order valence-electron chi connectivity index (χ2n) is 6.00. The molecule has 138 valence electrons. The highest BCUT2D eigenvalue weighted by Gasteiger charge is 2.23. The van der Waals surface area contributed by atoms with Crippen LogP contribution in [0.3, 0.4) is 0 Å². The highest BCUT2D eigenvalue weighted by molar-refractivity contribution is 7.89. The molecule has 0 saturated carbocycles. The molecular formula is C16H28N2O4S2. The van der Waals surface area contributed by atoms with Crippen LogP contribution in [0.25, 0.3) is 0 Å². The molecule has 0 aromatic heterocycles. The molecule has 0 bridgehead atoms. The lowest BCUT2D eigenvalue weighted by Gasteiger charge is -2.19. The molecule has 6 nitrogen and oxygen atoms in total. The van der Waals surface area contributed by atoms with E-state index in [0.717, 1.165) is 27.8 Å². The third-order valence-corrected chi connectivity index (χ3v) is 7.69. The van der Waals surface area contributed by atoms with Crippen molar-refractivity contribution in [3.8, 4) is 0 Å². The fourth-order valence-corrected chi connectivity index (χ4v) is 4.89. The van der Waals surface area contributed by atoms with Gasteiger partial charge < -0.3 is 0 Å². The lowest BCUT2D eigenvalue weighted by Crippen LogP contribution is -2.31. The van der Waals surface area contributed by atoms with Gasteiger partial charge in [-0.2, -0.15) is 0 Å². The van der Waals surface area contributed by atoms with Crippen molar-refractivity contribution in [1.82, 2.24) is 9.44 Å². The molecule has 0 atom stereocenters. The van der Waals surface area contributed by atoms with E-state index in [4.69, 9.17) is 0 Å². The van der Waals surface area contributed by atoms with E-state index in [1.54, 1.807) is 6.92 Å². The van der Waals surface area contributed by atoms with Gasteiger partial charge >= 0.3 is 0 Å². The molecule has 0 radical (unpaired) electrons. The average Bonchev–Trinajstić information content (AvgIpc) is 2.50. The van der Waals surface area contributed by atoms with Crippen molar-refractivity contribution in [3.05, 3.63) is 27.8 Å². The van der Waals surface area contributed by atoms with E-state index in [1.165, 1.54) is 0 Å². The van der Waals surface area contributed by atoms with E-state index in [0.29, 0.717) is 11.3 Å². The first-order chi connectivity index (χ1) is 10.9. The van der Waals surface area contributed by atoms with Crippen LogP contribution in [0.5, 0.6) is 0 Å². The summed E-state index contributed by atoms with van der Waals surface area (Å²) in [6.07, 6.45) is 0.389. The Morgan fingerprint density at radius 2 is 1.12 bits per heavy atom. The molecule has 8 heteroatoms. The van der Waals surface area contributed by atoms with Crippen molar-refractivity contribution in [3.63, 3.8) is 0 Å². The van der Waals surface area contributed by atoms with Crippen LogP contribution in [0.1, 0.15) is 41.2 Å². The van der Waals surface area contributed by atoms with Gasteiger partial charge in [0.05, 0.1) is 10.6 Å². The molecule has 1 aromatic rings. The third kappa shape index (κ3) is 4.78. The van der Waals surface area contributed by atoms with Crippen LogP contribution >= 0.6 is 0 Å². The number of hydrogen-bond acceptors (Lipinski definition) is 4. The quantitative estimate of drug-likeness (QED) is 0.677. The second kappa shape index (κ2) is 7.95. The average molecular weight is 377 g/mol. The number of sulfonamides is 2. The number of hydrogen-bond donors (Lipinski definition) is 2. The van der Waals surface area contributed by atoms with E-state index in [2.05, 4.69) is 9.44 Å². The molecule has 0 aliphatic rings. The molecular weight excluding hydrogens is 348 g/mol. The zero-order valence-electron chi connectivity index (χ0n) is 15.3. The number of nitrogens with one attached hydrogen (secondary N) is 2. The van der Waals surface area contributed by atoms with E-state index >= 15 is 0 Å². The fourth-order valence-electron chi connectivity index (χ4n) is 2.57. The van der Waals surface area contributed by atoms with Crippen LogP contribution < -0.4 is 9.44 Å². The summed E-state index contributed by atoms with van der Waals surface area (Å²) < 4.78 is 53.0. The molecule has 0 aliphatic carbocycles. The van der Waals surface area contributed by atoms with Crippen molar-refractivity contribution in [2.45, 2.75) is 52.9 Å². The van der Waals surface area contributed by atoms with E-state index in [-0.39, 0.29) is 18.8 Å². The summed E-state index contributed by atoms with van der Waals surface area (Å²) in [4.78, 5) is 0.331. The van der Waals surface area contributed by atoms with E-state index in [9.17, 15) is 16.8 Å². The number of benzene rings is 1. The topological polar surface area (TPSA) is 92.3 Å². The Bertz CT molecular complexity index is 784. The van der Waals surface area contributed by atoms with Crippen LogP contribution in [0.4, 0.5) is 0 Å². The Labute approximate surface area is 146 Å². The Balaban J connectivity index is 2.88. The first-order valence-corrected chi connectivity index (χ1v) is 11.1. The molecule has 2 N–H and O–H groups in total.